The number of piperidine rings is 1. The van der Waals surface area contributed by atoms with E-state index in [0.717, 1.165) is 34.2 Å². The highest BCUT2D eigenvalue weighted by Crippen LogP contribution is 2.35. The molecular formula is C15H17BrClN3O. The molecule has 2 heterocycles. The van der Waals surface area contributed by atoms with Gasteiger partial charge in [0, 0.05) is 41.4 Å². The average molecular weight is 371 g/mol. The van der Waals surface area contributed by atoms with Gasteiger partial charge in [0.25, 0.3) is 0 Å². The molecule has 0 aliphatic carbocycles. The van der Waals surface area contributed by atoms with E-state index < -0.39 is 5.60 Å². The molecule has 21 heavy (non-hydrogen) atoms. The number of pyridine rings is 1. The molecule has 1 aromatic heterocycles. The van der Waals surface area contributed by atoms with Gasteiger partial charge in [0.15, 0.2) is 0 Å². The van der Waals surface area contributed by atoms with Crippen molar-refractivity contribution in [1.82, 2.24) is 4.98 Å². The van der Waals surface area contributed by atoms with E-state index in [1.165, 1.54) is 0 Å². The summed E-state index contributed by atoms with van der Waals surface area (Å²) in [7, 11) is 0. The Bertz CT molecular complexity index is 671. The van der Waals surface area contributed by atoms with Crippen LogP contribution in [-0.2, 0) is 0 Å². The van der Waals surface area contributed by atoms with Gasteiger partial charge in [0.1, 0.15) is 0 Å². The third kappa shape index (κ3) is 2.88. The van der Waals surface area contributed by atoms with Crippen LogP contribution in [0.5, 0.6) is 0 Å². The van der Waals surface area contributed by atoms with Crippen LogP contribution in [-0.4, -0.2) is 35.3 Å². The second-order valence-electron chi connectivity index (χ2n) is 5.53. The number of fused-ring (bicyclic) bond motifs is 1. The van der Waals surface area contributed by atoms with Gasteiger partial charge >= 0.3 is 0 Å². The molecule has 0 radical (unpaired) electrons. The molecule has 1 fully saturated rings. The van der Waals surface area contributed by atoms with Crippen molar-refractivity contribution in [3.8, 4) is 0 Å². The van der Waals surface area contributed by atoms with Crippen LogP contribution in [0.15, 0.2) is 28.9 Å². The molecule has 1 aliphatic rings. The van der Waals surface area contributed by atoms with Crippen LogP contribution in [0.1, 0.15) is 12.8 Å². The zero-order valence-corrected chi connectivity index (χ0v) is 13.9. The number of halogens is 2. The zero-order valence-electron chi connectivity index (χ0n) is 11.5. The fraction of sp³-hybridized carbons (Fsp3) is 0.400. The highest BCUT2D eigenvalue weighted by Gasteiger charge is 2.31. The summed E-state index contributed by atoms with van der Waals surface area (Å²) in [5, 5.41) is 11.9. The number of rotatable bonds is 2. The Labute approximate surface area is 137 Å². The Morgan fingerprint density at radius 3 is 2.76 bits per heavy atom. The minimum absolute atomic E-state index is 0.315. The molecular weight excluding hydrogens is 354 g/mol. The fourth-order valence-corrected chi connectivity index (χ4v) is 3.67. The largest absolute Gasteiger partial charge is 0.388 e. The molecule has 0 spiro atoms. The van der Waals surface area contributed by atoms with Gasteiger partial charge in [-0.05, 0) is 31.0 Å². The Morgan fingerprint density at radius 1 is 1.38 bits per heavy atom. The number of hydrogen-bond donors (Lipinski definition) is 2. The van der Waals surface area contributed by atoms with Gasteiger partial charge in [-0.15, -0.1) is 0 Å². The molecule has 4 nitrogen and oxygen atoms in total. The Balaban J connectivity index is 1.98. The van der Waals surface area contributed by atoms with E-state index in [-0.39, 0.29) is 0 Å². The summed E-state index contributed by atoms with van der Waals surface area (Å²) in [6.07, 6.45) is 3.13. The molecule has 0 atom stereocenters. The van der Waals surface area contributed by atoms with Crippen LogP contribution in [0.3, 0.4) is 0 Å². The summed E-state index contributed by atoms with van der Waals surface area (Å²) in [5.74, 6) is 0. The van der Waals surface area contributed by atoms with E-state index in [9.17, 15) is 5.11 Å². The Kier molecular flexibility index (Phi) is 4.10. The molecule has 3 rings (SSSR count). The lowest BCUT2D eigenvalue weighted by Crippen LogP contribution is -2.48. The molecule has 1 aliphatic heterocycles. The second kappa shape index (κ2) is 5.72. The van der Waals surface area contributed by atoms with Gasteiger partial charge in [-0.25, -0.2) is 0 Å². The van der Waals surface area contributed by atoms with Gasteiger partial charge < -0.3 is 15.7 Å². The van der Waals surface area contributed by atoms with Crippen molar-refractivity contribution in [3.63, 3.8) is 0 Å². The summed E-state index contributed by atoms with van der Waals surface area (Å²) in [6, 6.07) is 5.88. The molecule has 112 valence electrons. The summed E-state index contributed by atoms with van der Waals surface area (Å²) in [6.45, 7) is 1.86. The summed E-state index contributed by atoms with van der Waals surface area (Å²) in [4.78, 5) is 6.63. The zero-order chi connectivity index (χ0) is 15.0. The van der Waals surface area contributed by atoms with Crippen LogP contribution in [0.4, 0.5) is 5.69 Å². The highest BCUT2D eigenvalue weighted by molar-refractivity contribution is 9.10. The fourth-order valence-electron chi connectivity index (χ4n) is 2.81. The van der Waals surface area contributed by atoms with E-state index in [4.69, 9.17) is 17.3 Å². The van der Waals surface area contributed by atoms with Crippen molar-refractivity contribution in [2.45, 2.75) is 18.4 Å². The Morgan fingerprint density at radius 2 is 2.10 bits per heavy atom. The number of benzene rings is 1. The van der Waals surface area contributed by atoms with Crippen molar-refractivity contribution in [2.24, 2.45) is 5.73 Å². The van der Waals surface area contributed by atoms with E-state index in [1.807, 2.05) is 18.2 Å². The number of aliphatic hydroxyl groups is 1. The summed E-state index contributed by atoms with van der Waals surface area (Å²) >= 11 is 9.76. The molecule has 6 heteroatoms. The lowest BCUT2D eigenvalue weighted by atomic mass is 9.91. The topological polar surface area (TPSA) is 62.4 Å². The van der Waals surface area contributed by atoms with Crippen molar-refractivity contribution in [3.05, 3.63) is 33.9 Å². The van der Waals surface area contributed by atoms with Gasteiger partial charge in [-0.3, -0.25) is 4.98 Å². The first-order valence-electron chi connectivity index (χ1n) is 6.94. The highest BCUT2D eigenvalue weighted by atomic mass is 79.9. The quantitative estimate of drug-likeness (QED) is 0.853. The first-order valence-corrected chi connectivity index (χ1v) is 8.11. The lowest BCUT2D eigenvalue weighted by Gasteiger charge is -2.39. The lowest BCUT2D eigenvalue weighted by molar-refractivity contribution is 0.0250. The molecule has 1 aromatic carbocycles. The monoisotopic (exact) mass is 369 g/mol. The molecule has 0 amide bonds. The maximum Gasteiger partial charge on any atom is 0.0909 e. The van der Waals surface area contributed by atoms with Gasteiger partial charge in [0.05, 0.1) is 16.1 Å². The number of nitrogens with zero attached hydrogens (tertiary/aromatic N) is 2. The summed E-state index contributed by atoms with van der Waals surface area (Å²) < 4.78 is 0.935. The van der Waals surface area contributed by atoms with Crippen molar-refractivity contribution in [2.75, 3.05) is 24.5 Å². The standard InChI is InChI=1S/C15H17BrClN3O/c16-10-7-11-13(1-4-19-14(11)12(17)8-10)20-5-2-15(21,9-18)3-6-20/h1,4,7-8,21H,2-3,5-6,9,18H2. The van der Waals surface area contributed by atoms with Crippen LogP contribution >= 0.6 is 27.5 Å². The molecule has 0 bridgehead atoms. The van der Waals surface area contributed by atoms with E-state index >= 15 is 0 Å². The van der Waals surface area contributed by atoms with Crippen LogP contribution in [0.2, 0.25) is 5.02 Å². The Hall–Kier alpha value is -0.880. The molecule has 3 N–H and O–H groups in total. The SMILES string of the molecule is NCC1(O)CCN(c2ccnc3c(Cl)cc(Br)cc23)CC1. The van der Waals surface area contributed by atoms with E-state index in [2.05, 4.69) is 25.8 Å². The van der Waals surface area contributed by atoms with Gasteiger partial charge in [-0.2, -0.15) is 0 Å². The van der Waals surface area contributed by atoms with Crippen molar-refractivity contribution in [1.29, 1.82) is 0 Å². The second-order valence-corrected chi connectivity index (χ2v) is 6.85. The third-order valence-electron chi connectivity index (χ3n) is 4.15. The minimum atomic E-state index is -0.725. The molecule has 0 unspecified atom stereocenters. The molecule has 1 saturated heterocycles. The van der Waals surface area contributed by atoms with Crippen LogP contribution in [0.25, 0.3) is 10.9 Å². The number of anilines is 1. The van der Waals surface area contributed by atoms with Crippen molar-refractivity contribution < 1.29 is 5.11 Å². The minimum Gasteiger partial charge on any atom is -0.388 e. The van der Waals surface area contributed by atoms with E-state index in [1.54, 1.807) is 6.20 Å². The van der Waals surface area contributed by atoms with E-state index in [0.29, 0.717) is 24.4 Å². The average Bonchev–Trinajstić information content (AvgIpc) is 2.48. The predicted octanol–water partition coefficient (Wildman–Crippen LogP) is 2.94. The molecule has 2 aromatic rings. The van der Waals surface area contributed by atoms with Gasteiger partial charge in [0.2, 0.25) is 0 Å². The first kappa shape index (κ1) is 15.0. The number of nitrogens with two attached hydrogens (primary N) is 1. The van der Waals surface area contributed by atoms with Crippen molar-refractivity contribution >= 4 is 44.1 Å². The maximum absolute atomic E-state index is 10.3. The van der Waals surface area contributed by atoms with Crippen LogP contribution < -0.4 is 10.6 Å². The first-order chi connectivity index (χ1) is 10.0. The van der Waals surface area contributed by atoms with Crippen LogP contribution in [0, 0.1) is 0 Å². The third-order valence-corrected chi connectivity index (χ3v) is 4.90. The predicted molar refractivity (Wildman–Crippen MR) is 89.9 cm³/mol. The normalized spacial score (nSPS) is 18.2. The molecule has 0 saturated carbocycles. The number of hydrogen-bond acceptors (Lipinski definition) is 4. The smallest absolute Gasteiger partial charge is 0.0909 e. The summed E-state index contributed by atoms with van der Waals surface area (Å²) in [5.41, 5.74) is 6.83. The van der Waals surface area contributed by atoms with Gasteiger partial charge in [-0.1, -0.05) is 27.5 Å². The number of aromatic nitrogens is 1. The maximum atomic E-state index is 10.3.